The van der Waals surface area contributed by atoms with Crippen LogP contribution in [-0.4, -0.2) is 27.3 Å². The summed E-state index contributed by atoms with van der Waals surface area (Å²) in [6, 6.07) is 15.8. The molecule has 1 N–H and O–H groups in total. The number of hydrogen-bond acceptors (Lipinski definition) is 5. The Hall–Kier alpha value is -3.49. The summed E-state index contributed by atoms with van der Waals surface area (Å²) in [6.45, 7) is 2.07. The summed E-state index contributed by atoms with van der Waals surface area (Å²) in [4.78, 5) is 22.6. The average Bonchev–Trinajstić information content (AvgIpc) is 3.20. The van der Waals surface area contributed by atoms with Gasteiger partial charge in [-0.15, -0.1) is 0 Å². The largest absolute Gasteiger partial charge is 0.276 e. The summed E-state index contributed by atoms with van der Waals surface area (Å²) < 4.78 is 16.3. The van der Waals surface area contributed by atoms with Gasteiger partial charge in [0.15, 0.2) is 0 Å². The number of hydrogen-bond donors (Lipinski definition) is 1. The molecule has 0 spiro atoms. The van der Waals surface area contributed by atoms with E-state index in [-0.39, 0.29) is 10.5 Å². The Balaban J connectivity index is 1.64. The van der Waals surface area contributed by atoms with Crippen LogP contribution in [0.25, 0.3) is 23.2 Å². The lowest BCUT2D eigenvalue weighted by atomic mass is 10.2. The summed E-state index contributed by atoms with van der Waals surface area (Å²) in [7, 11) is 0. The summed E-state index contributed by atoms with van der Waals surface area (Å²) in [5, 5.41) is 5.34. The highest BCUT2D eigenvalue weighted by molar-refractivity contribution is 7.99. The molecular weight excluding hydrogens is 415 g/mol. The number of rotatable bonds is 7. The molecule has 2 heterocycles. The minimum absolute atomic E-state index is 0.210. The predicted octanol–water partition coefficient (Wildman–Crippen LogP) is 5.03. The van der Waals surface area contributed by atoms with Gasteiger partial charge in [0.05, 0.1) is 34.5 Å². The second-order valence-corrected chi connectivity index (χ2v) is 7.55. The molecule has 8 heteroatoms. The molecule has 0 aliphatic heterocycles. The van der Waals surface area contributed by atoms with E-state index in [1.165, 1.54) is 23.9 Å². The van der Waals surface area contributed by atoms with E-state index >= 15 is 0 Å². The number of aromatic nitrogens is 3. The lowest BCUT2D eigenvalue weighted by Gasteiger charge is -2.10. The van der Waals surface area contributed by atoms with Gasteiger partial charge in [-0.05, 0) is 49.4 Å². The Bertz CT molecular complexity index is 1240. The standard InChI is InChI=1S/C23H19FN4O2S/c1-2-30-27-23(29)19-7-5-8-20(24)22(19)31-18-10-9-16-15-26-28(21(16)14-18)13-11-17-6-3-4-12-25-17/h3-15H,2H2,1H3,(H,27,29). The monoisotopic (exact) mass is 434 g/mol. The number of nitrogens with one attached hydrogen (secondary N) is 1. The summed E-state index contributed by atoms with van der Waals surface area (Å²) >= 11 is 1.18. The van der Waals surface area contributed by atoms with Crippen molar-refractivity contribution in [2.75, 3.05) is 6.61 Å². The van der Waals surface area contributed by atoms with Crippen LogP contribution in [0.4, 0.5) is 4.39 Å². The maximum atomic E-state index is 14.6. The smallest absolute Gasteiger partial charge is 0.274 e. The lowest BCUT2D eigenvalue weighted by molar-refractivity contribution is 0.0361. The second kappa shape index (κ2) is 9.55. The zero-order valence-electron chi connectivity index (χ0n) is 16.7. The first-order valence-electron chi connectivity index (χ1n) is 9.60. The molecule has 6 nitrogen and oxygen atoms in total. The molecule has 0 fully saturated rings. The van der Waals surface area contributed by atoms with Crippen LogP contribution in [0.3, 0.4) is 0 Å². The number of nitrogens with zero attached hydrogens (tertiary/aromatic N) is 3. The van der Waals surface area contributed by atoms with Crippen molar-refractivity contribution >= 4 is 40.8 Å². The van der Waals surface area contributed by atoms with E-state index in [2.05, 4.69) is 15.6 Å². The Kier molecular flexibility index (Phi) is 6.40. The van der Waals surface area contributed by atoms with Gasteiger partial charge in [0.2, 0.25) is 0 Å². The van der Waals surface area contributed by atoms with E-state index in [0.29, 0.717) is 6.61 Å². The van der Waals surface area contributed by atoms with Gasteiger partial charge in [-0.1, -0.05) is 30.0 Å². The highest BCUT2D eigenvalue weighted by Gasteiger charge is 2.17. The van der Waals surface area contributed by atoms with Crippen molar-refractivity contribution in [3.63, 3.8) is 0 Å². The van der Waals surface area contributed by atoms with Crippen molar-refractivity contribution in [1.29, 1.82) is 0 Å². The first kappa shape index (κ1) is 20.8. The molecule has 1 amide bonds. The fourth-order valence-corrected chi connectivity index (χ4v) is 3.90. The SMILES string of the molecule is CCONC(=O)c1cccc(F)c1Sc1ccc2cnn(C=Cc3ccccn3)c2c1. The number of halogens is 1. The molecule has 0 unspecified atom stereocenters. The number of fused-ring (bicyclic) bond motifs is 1. The Morgan fingerprint density at radius 3 is 2.94 bits per heavy atom. The van der Waals surface area contributed by atoms with Crippen molar-refractivity contribution in [2.45, 2.75) is 16.7 Å². The van der Waals surface area contributed by atoms with E-state index in [9.17, 15) is 9.18 Å². The summed E-state index contributed by atoms with van der Waals surface area (Å²) in [6.07, 6.45) is 7.17. The third-order valence-corrected chi connectivity index (χ3v) is 5.49. The van der Waals surface area contributed by atoms with Crippen molar-refractivity contribution in [3.8, 4) is 0 Å². The average molecular weight is 434 g/mol. The molecule has 2 aromatic carbocycles. The third kappa shape index (κ3) is 4.82. The summed E-state index contributed by atoms with van der Waals surface area (Å²) in [5.74, 6) is -0.967. The highest BCUT2D eigenvalue weighted by Crippen LogP contribution is 2.34. The maximum Gasteiger partial charge on any atom is 0.276 e. The maximum absolute atomic E-state index is 14.6. The van der Waals surface area contributed by atoms with Crippen LogP contribution < -0.4 is 5.48 Å². The molecule has 4 rings (SSSR count). The molecule has 0 aliphatic carbocycles. The van der Waals surface area contributed by atoms with Crippen molar-refractivity contribution in [3.05, 3.63) is 84.1 Å². The zero-order chi connectivity index (χ0) is 21.6. The van der Waals surface area contributed by atoms with Gasteiger partial charge in [-0.25, -0.2) is 14.6 Å². The Morgan fingerprint density at radius 2 is 2.13 bits per heavy atom. The van der Waals surface area contributed by atoms with Crippen LogP contribution in [0.15, 0.2) is 76.8 Å². The van der Waals surface area contributed by atoms with Crippen LogP contribution in [0.5, 0.6) is 0 Å². The Labute approximate surface area is 182 Å². The van der Waals surface area contributed by atoms with Gasteiger partial charge in [0.25, 0.3) is 5.91 Å². The first-order chi connectivity index (χ1) is 15.2. The van der Waals surface area contributed by atoms with Crippen LogP contribution in [0.1, 0.15) is 23.0 Å². The van der Waals surface area contributed by atoms with E-state index in [1.54, 1.807) is 30.1 Å². The molecule has 0 saturated heterocycles. The van der Waals surface area contributed by atoms with Gasteiger partial charge in [-0.2, -0.15) is 5.10 Å². The van der Waals surface area contributed by atoms with E-state index in [0.717, 1.165) is 21.5 Å². The summed E-state index contributed by atoms with van der Waals surface area (Å²) in [5.41, 5.74) is 4.20. The molecule has 0 bridgehead atoms. The molecular formula is C23H19FN4O2S. The fraction of sp³-hybridized carbons (Fsp3) is 0.0870. The Morgan fingerprint density at radius 1 is 1.23 bits per heavy atom. The predicted molar refractivity (Wildman–Crippen MR) is 119 cm³/mol. The van der Waals surface area contributed by atoms with Gasteiger partial charge in [0.1, 0.15) is 5.82 Å². The quantitative estimate of drug-likeness (QED) is 0.413. The van der Waals surface area contributed by atoms with Crippen LogP contribution in [-0.2, 0) is 4.84 Å². The first-order valence-corrected chi connectivity index (χ1v) is 10.4. The molecule has 0 atom stereocenters. The minimum Gasteiger partial charge on any atom is -0.274 e. The number of pyridine rings is 1. The zero-order valence-corrected chi connectivity index (χ0v) is 17.5. The minimum atomic E-state index is -0.492. The number of amides is 1. The topological polar surface area (TPSA) is 69.0 Å². The fourth-order valence-electron chi connectivity index (χ4n) is 2.92. The molecule has 0 aliphatic rings. The number of carbonyl (C=O) groups is 1. The lowest BCUT2D eigenvalue weighted by Crippen LogP contribution is -2.24. The van der Waals surface area contributed by atoms with Crippen LogP contribution in [0.2, 0.25) is 0 Å². The van der Waals surface area contributed by atoms with Crippen molar-refractivity contribution in [1.82, 2.24) is 20.2 Å². The van der Waals surface area contributed by atoms with Crippen LogP contribution >= 0.6 is 11.8 Å². The van der Waals surface area contributed by atoms with Crippen molar-refractivity contribution < 1.29 is 14.0 Å². The molecule has 2 aromatic heterocycles. The number of hydroxylamine groups is 1. The van der Waals surface area contributed by atoms with Gasteiger partial charge in [0, 0.05) is 22.7 Å². The molecule has 31 heavy (non-hydrogen) atoms. The van der Waals surface area contributed by atoms with E-state index in [4.69, 9.17) is 4.84 Å². The van der Waals surface area contributed by atoms with Crippen LogP contribution in [0, 0.1) is 5.82 Å². The molecule has 156 valence electrons. The van der Waals surface area contributed by atoms with E-state index < -0.39 is 11.7 Å². The number of benzene rings is 2. The number of carbonyl (C=O) groups excluding carboxylic acids is 1. The molecule has 4 aromatic rings. The molecule has 0 radical (unpaired) electrons. The van der Waals surface area contributed by atoms with Gasteiger partial charge < -0.3 is 0 Å². The third-order valence-electron chi connectivity index (χ3n) is 4.38. The van der Waals surface area contributed by atoms with Gasteiger partial charge in [-0.3, -0.25) is 14.6 Å². The highest BCUT2D eigenvalue weighted by atomic mass is 32.2. The normalized spacial score (nSPS) is 11.3. The van der Waals surface area contributed by atoms with Crippen molar-refractivity contribution in [2.24, 2.45) is 0 Å². The van der Waals surface area contributed by atoms with Gasteiger partial charge >= 0.3 is 0 Å². The molecule has 0 saturated carbocycles. The second-order valence-electron chi connectivity index (χ2n) is 6.46. The van der Waals surface area contributed by atoms with E-state index in [1.807, 2.05) is 48.7 Å².